The first-order valence-corrected chi connectivity index (χ1v) is 34.5. The molecule has 10 heteroatoms. The van der Waals surface area contributed by atoms with Crippen LogP contribution in [-0.4, -0.2) is 74.9 Å². The van der Waals surface area contributed by atoms with E-state index >= 15 is 0 Å². The van der Waals surface area contributed by atoms with Crippen molar-refractivity contribution in [1.29, 1.82) is 0 Å². The molecule has 2 atom stereocenters. The maximum atomic E-state index is 12.8. The zero-order valence-electron chi connectivity index (χ0n) is 51.9. The summed E-state index contributed by atoms with van der Waals surface area (Å²) < 4.78 is 34.7. The molecule has 0 aliphatic rings. The second-order valence-corrected chi connectivity index (χ2v) is 24.9. The Morgan fingerprint density at radius 3 is 1.09 bits per heavy atom. The van der Waals surface area contributed by atoms with Crippen LogP contribution >= 0.6 is 7.82 Å². The Bertz CT molecular complexity index is 1500. The van der Waals surface area contributed by atoms with Gasteiger partial charge in [-0.3, -0.25) is 18.6 Å². The minimum atomic E-state index is -4.38. The van der Waals surface area contributed by atoms with Crippen molar-refractivity contribution < 1.29 is 42.1 Å². The van der Waals surface area contributed by atoms with E-state index in [1.165, 1.54) is 212 Å². The fourth-order valence-corrected chi connectivity index (χ4v) is 10.3. The zero-order chi connectivity index (χ0) is 57.0. The van der Waals surface area contributed by atoms with Crippen molar-refractivity contribution in [3.63, 3.8) is 0 Å². The monoisotopic (exact) mass is 1120 g/mol. The molecule has 0 amide bonds. The molecule has 0 heterocycles. The van der Waals surface area contributed by atoms with Gasteiger partial charge in [-0.25, -0.2) is 4.57 Å². The van der Waals surface area contributed by atoms with Gasteiger partial charge in [0.25, 0.3) is 0 Å². The van der Waals surface area contributed by atoms with Gasteiger partial charge in [0.1, 0.15) is 19.8 Å². The number of rotatable bonds is 61. The summed E-state index contributed by atoms with van der Waals surface area (Å²) in [4.78, 5) is 35.8. The highest BCUT2D eigenvalue weighted by Crippen LogP contribution is 2.43. The summed E-state index contributed by atoms with van der Waals surface area (Å²) in [7, 11) is 1.49. The van der Waals surface area contributed by atoms with E-state index in [1.807, 2.05) is 21.1 Å². The van der Waals surface area contributed by atoms with E-state index in [1.54, 1.807) is 0 Å². The average Bonchev–Trinajstić information content (AvgIpc) is 3.41. The fraction of sp³-hybridized carbons (Fsp3) is 0.824. The molecule has 0 aromatic rings. The Morgan fingerprint density at radius 1 is 0.410 bits per heavy atom. The smallest absolute Gasteiger partial charge is 0.462 e. The largest absolute Gasteiger partial charge is 0.472 e. The van der Waals surface area contributed by atoms with Gasteiger partial charge in [0.05, 0.1) is 27.7 Å². The molecule has 2 unspecified atom stereocenters. The van der Waals surface area contributed by atoms with Crippen molar-refractivity contribution in [3.8, 4) is 0 Å². The fourth-order valence-electron chi connectivity index (χ4n) is 9.52. The Balaban J connectivity index is 3.95. The molecule has 0 aromatic heterocycles. The normalized spacial score (nSPS) is 13.6. The number of likely N-dealkylation sites (N-methyl/N-ethyl adjacent to an activating group) is 1. The lowest BCUT2D eigenvalue weighted by molar-refractivity contribution is -0.870. The molecule has 0 spiro atoms. The van der Waals surface area contributed by atoms with E-state index < -0.39 is 26.5 Å². The molecule has 0 aliphatic heterocycles. The molecule has 0 rings (SSSR count). The molecule has 0 bridgehead atoms. The second kappa shape index (κ2) is 59.3. The van der Waals surface area contributed by atoms with Gasteiger partial charge in [0.2, 0.25) is 0 Å². The van der Waals surface area contributed by atoms with Gasteiger partial charge in [0.15, 0.2) is 6.10 Å². The maximum Gasteiger partial charge on any atom is 0.472 e. The number of allylic oxidation sites excluding steroid dienone is 10. The lowest BCUT2D eigenvalue weighted by Crippen LogP contribution is -2.37. The van der Waals surface area contributed by atoms with Crippen LogP contribution in [0, 0.1) is 0 Å². The van der Waals surface area contributed by atoms with Crippen molar-refractivity contribution >= 4 is 19.8 Å². The van der Waals surface area contributed by atoms with E-state index in [4.69, 9.17) is 18.5 Å². The van der Waals surface area contributed by atoms with E-state index in [2.05, 4.69) is 74.6 Å². The minimum absolute atomic E-state index is 0.0340. The highest BCUT2D eigenvalue weighted by Gasteiger charge is 2.27. The Labute approximate surface area is 483 Å². The molecule has 0 saturated heterocycles. The van der Waals surface area contributed by atoms with E-state index in [0.29, 0.717) is 23.9 Å². The van der Waals surface area contributed by atoms with Crippen LogP contribution in [0.2, 0.25) is 0 Å². The number of hydrogen-bond donors (Lipinski definition) is 1. The molecular weight excluding hydrogens is 990 g/mol. The average molecular weight is 1120 g/mol. The summed E-state index contributed by atoms with van der Waals surface area (Å²) in [5, 5.41) is 0. The van der Waals surface area contributed by atoms with Gasteiger partial charge < -0.3 is 18.9 Å². The zero-order valence-corrected chi connectivity index (χ0v) is 52.8. The Morgan fingerprint density at radius 2 is 0.731 bits per heavy atom. The maximum absolute atomic E-state index is 12.8. The first-order valence-electron chi connectivity index (χ1n) is 33.0. The standard InChI is InChI=1S/C68H126NO8P/c1-6-8-10-12-14-16-18-20-22-24-25-26-27-28-29-30-31-32-33-34-35-36-37-38-39-40-41-42-43-45-47-49-51-53-55-57-59-61-68(71)77-66(65-76-78(72,73)75-63-62-69(3,4)5)64-74-67(70)60-58-56-54-52-50-48-46-44-23-21-19-17-15-13-11-9-7-2/h8,10,14,16,20,22,25-26,28-29,66H,6-7,9,11-13,15,17-19,21,23-24,27,30-65H2,1-5H3/p+1/b10-8-,16-14-,22-20-,26-25-,29-28-. The van der Waals surface area contributed by atoms with Crippen LogP contribution in [0.5, 0.6) is 0 Å². The molecule has 9 nitrogen and oxygen atoms in total. The number of carbonyl (C=O) groups excluding carboxylic acids is 2. The molecule has 78 heavy (non-hydrogen) atoms. The van der Waals surface area contributed by atoms with Crippen LogP contribution < -0.4 is 0 Å². The summed E-state index contributed by atoms with van der Waals surface area (Å²) in [6.07, 6.45) is 77.5. The van der Waals surface area contributed by atoms with Crippen molar-refractivity contribution in [2.75, 3.05) is 47.5 Å². The van der Waals surface area contributed by atoms with E-state index in [-0.39, 0.29) is 25.6 Å². The molecule has 0 radical (unpaired) electrons. The lowest BCUT2D eigenvalue weighted by Gasteiger charge is -2.24. The van der Waals surface area contributed by atoms with E-state index in [0.717, 1.165) is 64.2 Å². The summed E-state index contributed by atoms with van der Waals surface area (Å²) >= 11 is 0. The van der Waals surface area contributed by atoms with Crippen LogP contribution in [0.25, 0.3) is 0 Å². The highest BCUT2D eigenvalue weighted by atomic mass is 31.2. The summed E-state index contributed by atoms with van der Waals surface area (Å²) in [6.45, 7) is 4.37. The number of hydrogen-bond acceptors (Lipinski definition) is 7. The number of phosphoric acid groups is 1. The molecule has 1 N–H and O–H groups in total. The molecule has 0 aromatic carbocycles. The first kappa shape index (κ1) is 75.7. The Kier molecular flexibility index (Phi) is 57.6. The van der Waals surface area contributed by atoms with Crippen LogP contribution in [0.3, 0.4) is 0 Å². The van der Waals surface area contributed by atoms with Crippen LogP contribution in [0.1, 0.15) is 309 Å². The third kappa shape index (κ3) is 62.9. The van der Waals surface area contributed by atoms with Gasteiger partial charge in [-0.05, 0) is 57.8 Å². The van der Waals surface area contributed by atoms with Gasteiger partial charge >= 0.3 is 19.8 Å². The van der Waals surface area contributed by atoms with Crippen molar-refractivity contribution in [2.45, 2.75) is 315 Å². The Hall–Kier alpha value is -2.29. The van der Waals surface area contributed by atoms with Crippen LogP contribution in [0.4, 0.5) is 0 Å². The predicted octanol–water partition coefficient (Wildman–Crippen LogP) is 21.0. The number of quaternary nitrogens is 1. The molecule has 456 valence electrons. The summed E-state index contributed by atoms with van der Waals surface area (Å²) in [6, 6.07) is 0. The summed E-state index contributed by atoms with van der Waals surface area (Å²) in [5.74, 6) is -0.780. The van der Waals surface area contributed by atoms with Crippen molar-refractivity contribution in [1.82, 2.24) is 0 Å². The highest BCUT2D eigenvalue weighted by molar-refractivity contribution is 7.47. The number of unbranched alkanes of at least 4 members (excludes halogenated alkanes) is 37. The SMILES string of the molecule is CC/C=C\C/C=C\C/C=C\C/C=C\C/C=C\CCCCCCCCCCCCCCCCCCCCCCCC(=O)OC(COC(=O)CCCCCCCCCCCCCCCCCCC)COP(=O)(O)OCC[N+](C)(C)C. The first-order chi connectivity index (χ1) is 38.0. The van der Waals surface area contributed by atoms with Crippen molar-refractivity contribution in [3.05, 3.63) is 60.8 Å². The molecule has 0 saturated carbocycles. The molecule has 0 aliphatic carbocycles. The van der Waals surface area contributed by atoms with Gasteiger partial charge in [-0.2, -0.15) is 0 Å². The van der Waals surface area contributed by atoms with Gasteiger partial charge in [-0.15, -0.1) is 0 Å². The molecule has 0 fully saturated rings. The number of esters is 2. The quantitative estimate of drug-likeness (QED) is 0.0211. The lowest BCUT2D eigenvalue weighted by atomic mass is 10.0. The third-order valence-electron chi connectivity index (χ3n) is 14.6. The van der Waals surface area contributed by atoms with Crippen LogP contribution in [0.15, 0.2) is 60.8 Å². The number of phosphoric ester groups is 1. The minimum Gasteiger partial charge on any atom is -0.462 e. The second-order valence-electron chi connectivity index (χ2n) is 23.5. The summed E-state index contributed by atoms with van der Waals surface area (Å²) in [5.41, 5.74) is 0. The number of ether oxygens (including phenoxy) is 2. The number of carbonyl (C=O) groups is 2. The van der Waals surface area contributed by atoms with Gasteiger partial charge in [-0.1, -0.05) is 299 Å². The number of nitrogens with zero attached hydrogens (tertiary/aromatic N) is 1. The van der Waals surface area contributed by atoms with E-state index in [9.17, 15) is 19.0 Å². The van der Waals surface area contributed by atoms with Gasteiger partial charge in [0, 0.05) is 12.8 Å². The topological polar surface area (TPSA) is 108 Å². The predicted molar refractivity (Wildman–Crippen MR) is 335 cm³/mol. The third-order valence-corrected chi connectivity index (χ3v) is 15.5. The molecular formula is C68H127NO8P+. The van der Waals surface area contributed by atoms with Crippen LogP contribution in [-0.2, 0) is 32.7 Å². The van der Waals surface area contributed by atoms with Crippen molar-refractivity contribution in [2.24, 2.45) is 0 Å².